The van der Waals surface area contributed by atoms with Gasteiger partial charge >= 0.3 is 0 Å². The summed E-state index contributed by atoms with van der Waals surface area (Å²) in [6.45, 7) is 5.94. The van der Waals surface area contributed by atoms with Crippen LogP contribution in [0, 0.1) is 0 Å². The van der Waals surface area contributed by atoms with E-state index in [9.17, 15) is 8.42 Å². The van der Waals surface area contributed by atoms with Crippen LogP contribution in [0.3, 0.4) is 0 Å². The Morgan fingerprint density at radius 1 is 1.00 bits per heavy atom. The van der Waals surface area contributed by atoms with Crippen LogP contribution in [0.25, 0.3) is 0 Å². The fourth-order valence-corrected chi connectivity index (χ4v) is 5.80. The first-order valence-electron chi connectivity index (χ1n) is 10.0. The Bertz CT molecular complexity index is 955. The Morgan fingerprint density at radius 3 is 2.38 bits per heavy atom. The minimum absolute atomic E-state index is 0.371. The second kappa shape index (κ2) is 8.47. The summed E-state index contributed by atoms with van der Waals surface area (Å²) in [6.07, 6.45) is 3.42. The van der Waals surface area contributed by atoms with Gasteiger partial charge in [0.15, 0.2) is 17.3 Å². The van der Waals surface area contributed by atoms with Crippen LogP contribution in [0.15, 0.2) is 47.6 Å². The average molecular weight is 438 g/mol. The summed E-state index contributed by atoms with van der Waals surface area (Å²) in [5.41, 5.74) is 1.88. The molecule has 4 rings (SSSR count). The molecule has 2 N–H and O–H groups in total. The first kappa shape index (κ1) is 20.4. The maximum absolute atomic E-state index is 13.3. The van der Waals surface area contributed by atoms with E-state index in [0.717, 1.165) is 55.7 Å². The Hall–Kier alpha value is -1.87. The van der Waals surface area contributed by atoms with Crippen LogP contribution in [0.5, 0.6) is 0 Å². The quantitative estimate of drug-likeness (QED) is 0.731. The van der Waals surface area contributed by atoms with Crippen LogP contribution in [0.4, 0.5) is 11.4 Å². The van der Waals surface area contributed by atoms with Gasteiger partial charge in [0.2, 0.25) is 0 Å². The Morgan fingerprint density at radius 2 is 1.69 bits per heavy atom. The monoisotopic (exact) mass is 437 g/mol. The SMILES string of the molecule is C[NH+]1CCN(S(=O)(=O)c2c[nH+]ccc2N2CCN(c3cccc(Cl)c3)CC2)CC1. The van der Waals surface area contributed by atoms with Crippen LogP contribution < -0.4 is 19.7 Å². The maximum Gasteiger partial charge on any atom is 0.251 e. The third-order valence-electron chi connectivity index (χ3n) is 5.79. The molecule has 1 aromatic carbocycles. The minimum Gasteiger partial charge on any atom is -0.368 e. The summed E-state index contributed by atoms with van der Waals surface area (Å²) in [5.74, 6) is 0. The molecule has 2 aliphatic heterocycles. The molecule has 0 amide bonds. The number of nitrogens with one attached hydrogen (secondary N) is 2. The Balaban J connectivity index is 1.52. The molecule has 2 aliphatic rings. The molecular weight excluding hydrogens is 410 g/mol. The Kier molecular flexibility index (Phi) is 5.96. The number of hydrogen-bond acceptors (Lipinski definition) is 4. The molecule has 2 fully saturated rings. The normalized spacial score (nSPS) is 19.5. The number of anilines is 2. The third kappa shape index (κ3) is 4.35. The lowest BCUT2D eigenvalue weighted by atomic mass is 10.2. The standard InChI is InChI=1S/C20H26ClN5O2S/c1-23-7-13-26(14-8-23)29(27,28)20-16-22-6-5-19(20)25-11-9-24(10-12-25)18-4-2-3-17(21)15-18/h2-6,15-16H,7-14H2,1H3/p+2. The minimum atomic E-state index is -3.52. The summed E-state index contributed by atoms with van der Waals surface area (Å²) in [4.78, 5) is 9.17. The number of aromatic nitrogens is 1. The largest absolute Gasteiger partial charge is 0.368 e. The molecule has 0 aliphatic carbocycles. The van der Waals surface area contributed by atoms with Crippen molar-refractivity contribution in [3.05, 3.63) is 47.7 Å². The molecule has 9 heteroatoms. The van der Waals surface area contributed by atoms with Crippen molar-refractivity contribution in [2.24, 2.45) is 0 Å². The van der Waals surface area contributed by atoms with E-state index in [2.05, 4.69) is 27.9 Å². The highest BCUT2D eigenvalue weighted by Crippen LogP contribution is 2.28. The van der Waals surface area contributed by atoms with Gasteiger partial charge in [0.25, 0.3) is 10.0 Å². The molecule has 2 aromatic rings. The number of hydrogen-bond donors (Lipinski definition) is 1. The molecule has 0 bridgehead atoms. The van der Waals surface area contributed by atoms with Gasteiger partial charge in [-0.1, -0.05) is 17.7 Å². The molecule has 2 saturated heterocycles. The zero-order valence-corrected chi connectivity index (χ0v) is 18.2. The number of nitrogens with zero attached hydrogens (tertiary/aromatic N) is 3. The van der Waals surface area contributed by atoms with Gasteiger partial charge < -0.3 is 14.7 Å². The fourth-order valence-electron chi connectivity index (χ4n) is 4.00. The van der Waals surface area contributed by atoms with Gasteiger partial charge in [0, 0.05) is 43.0 Å². The van der Waals surface area contributed by atoms with E-state index in [0.29, 0.717) is 18.0 Å². The third-order valence-corrected chi connectivity index (χ3v) is 7.95. The summed E-state index contributed by atoms with van der Waals surface area (Å²) < 4.78 is 28.3. The number of H-pyrrole nitrogens is 1. The highest BCUT2D eigenvalue weighted by molar-refractivity contribution is 7.89. The van der Waals surface area contributed by atoms with Crippen LogP contribution in [-0.4, -0.2) is 72.1 Å². The number of pyridine rings is 1. The van der Waals surface area contributed by atoms with Crippen LogP contribution in [0.2, 0.25) is 5.02 Å². The fraction of sp³-hybridized carbons (Fsp3) is 0.450. The Labute approximate surface area is 177 Å². The van der Waals surface area contributed by atoms with E-state index < -0.39 is 10.0 Å². The first-order valence-corrected chi connectivity index (χ1v) is 11.8. The van der Waals surface area contributed by atoms with E-state index in [1.165, 1.54) is 4.90 Å². The zero-order chi connectivity index (χ0) is 20.4. The van der Waals surface area contributed by atoms with Gasteiger partial charge in [-0.2, -0.15) is 4.31 Å². The number of benzene rings is 1. The van der Waals surface area contributed by atoms with E-state index in [-0.39, 0.29) is 0 Å². The predicted octanol–water partition coefficient (Wildman–Crippen LogP) is -0.000300. The predicted molar refractivity (Wildman–Crippen MR) is 114 cm³/mol. The van der Waals surface area contributed by atoms with Gasteiger partial charge in [-0.05, 0) is 18.2 Å². The van der Waals surface area contributed by atoms with E-state index >= 15 is 0 Å². The molecule has 29 heavy (non-hydrogen) atoms. The number of piperazine rings is 2. The summed E-state index contributed by atoms with van der Waals surface area (Å²) in [6, 6.07) is 9.74. The van der Waals surface area contributed by atoms with Crippen molar-refractivity contribution in [1.82, 2.24) is 4.31 Å². The highest BCUT2D eigenvalue weighted by atomic mass is 35.5. The first-order chi connectivity index (χ1) is 13.9. The van der Waals surface area contributed by atoms with Gasteiger partial charge in [-0.3, -0.25) is 0 Å². The molecule has 3 heterocycles. The van der Waals surface area contributed by atoms with Crippen LogP contribution in [-0.2, 0) is 10.0 Å². The molecule has 0 spiro atoms. The van der Waals surface area contributed by atoms with Crippen molar-refractivity contribution in [2.75, 3.05) is 69.2 Å². The molecule has 7 nitrogen and oxygen atoms in total. The zero-order valence-electron chi connectivity index (χ0n) is 16.6. The number of halogens is 1. The number of quaternary nitrogens is 1. The topological polar surface area (TPSA) is 62.4 Å². The second-order valence-electron chi connectivity index (χ2n) is 7.71. The highest BCUT2D eigenvalue weighted by Gasteiger charge is 2.34. The summed E-state index contributed by atoms with van der Waals surface area (Å²) in [5, 5.41) is 0.728. The van der Waals surface area contributed by atoms with Crippen molar-refractivity contribution in [2.45, 2.75) is 4.90 Å². The van der Waals surface area contributed by atoms with Gasteiger partial charge in [-0.15, -0.1) is 0 Å². The van der Waals surface area contributed by atoms with E-state index in [1.807, 2.05) is 24.3 Å². The van der Waals surface area contributed by atoms with Crippen molar-refractivity contribution >= 4 is 33.0 Å². The molecule has 1 aromatic heterocycles. The van der Waals surface area contributed by atoms with Crippen LogP contribution >= 0.6 is 11.6 Å². The van der Waals surface area contributed by atoms with E-state index in [4.69, 9.17) is 11.6 Å². The van der Waals surface area contributed by atoms with Crippen molar-refractivity contribution in [1.29, 1.82) is 0 Å². The lowest BCUT2D eigenvalue weighted by Gasteiger charge is -2.38. The lowest BCUT2D eigenvalue weighted by molar-refractivity contribution is -0.883. The van der Waals surface area contributed by atoms with E-state index in [1.54, 1.807) is 16.7 Å². The number of likely N-dealkylation sites (N-methyl/N-ethyl adjacent to an activating group) is 1. The molecule has 0 atom stereocenters. The smallest absolute Gasteiger partial charge is 0.251 e. The lowest BCUT2D eigenvalue weighted by Crippen LogP contribution is -3.12. The van der Waals surface area contributed by atoms with Crippen LogP contribution in [0.1, 0.15) is 0 Å². The summed E-state index contributed by atoms with van der Waals surface area (Å²) in [7, 11) is -1.42. The van der Waals surface area contributed by atoms with Crippen molar-refractivity contribution in [3.8, 4) is 0 Å². The molecule has 0 radical (unpaired) electrons. The molecule has 156 valence electrons. The van der Waals surface area contributed by atoms with Gasteiger partial charge in [0.1, 0.15) is 0 Å². The number of rotatable bonds is 4. The van der Waals surface area contributed by atoms with Gasteiger partial charge in [0.05, 0.1) is 38.9 Å². The molecular formula is C20H28ClN5O2S+2. The number of aromatic amines is 1. The number of sulfonamides is 1. The van der Waals surface area contributed by atoms with Crippen molar-refractivity contribution < 1.29 is 18.3 Å². The molecule has 0 saturated carbocycles. The second-order valence-corrected chi connectivity index (χ2v) is 10.1. The summed E-state index contributed by atoms with van der Waals surface area (Å²) >= 11 is 6.13. The van der Waals surface area contributed by atoms with Gasteiger partial charge in [-0.25, -0.2) is 13.4 Å². The molecule has 0 unspecified atom stereocenters. The maximum atomic E-state index is 13.3. The average Bonchev–Trinajstić information content (AvgIpc) is 2.74. The van der Waals surface area contributed by atoms with Crippen molar-refractivity contribution in [3.63, 3.8) is 0 Å².